The summed E-state index contributed by atoms with van der Waals surface area (Å²) in [6, 6.07) is 0. The number of rotatable bonds is 3. The molecule has 0 unspecified atom stereocenters. The first-order chi connectivity index (χ1) is 5.12. The van der Waals surface area contributed by atoms with E-state index in [1.165, 1.54) is 0 Å². The zero-order valence-electron chi connectivity index (χ0n) is 7.24. The van der Waals surface area contributed by atoms with Crippen LogP contribution in [0.1, 0.15) is 20.3 Å². The third-order valence-electron chi connectivity index (χ3n) is 2.47. The Kier molecular flexibility index (Phi) is 2.14. The number of allylic oxidation sites excluding steroid dienone is 1. The number of Topliss-reactive ketones (excluding diaryl/α,β-unsaturated/α-hetero) is 1. The second-order valence-electron chi connectivity index (χ2n) is 3.35. The van der Waals surface area contributed by atoms with Crippen molar-refractivity contribution in [3.05, 3.63) is 12.2 Å². The maximum Gasteiger partial charge on any atom is 0.166 e. The fraction of sp³-hybridized carbons (Fsp3) is 0.667. The molecule has 1 aliphatic heterocycles. The van der Waals surface area contributed by atoms with Crippen molar-refractivity contribution in [2.24, 2.45) is 5.41 Å². The van der Waals surface area contributed by atoms with Crippen LogP contribution in [0.3, 0.4) is 0 Å². The molecule has 0 atom stereocenters. The average molecular weight is 153 g/mol. The minimum Gasteiger partial charge on any atom is -0.315 e. The summed E-state index contributed by atoms with van der Waals surface area (Å²) in [4.78, 5) is 11.5. The van der Waals surface area contributed by atoms with Gasteiger partial charge in [0.25, 0.3) is 0 Å². The van der Waals surface area contributed by atoms with Crippen molar-refractivity contribution in [3.63, 3.8) is 0 Å². The fourth-order valence-corrected chi connectivity index (χ4v) is 1.45. The van der Waals surface area contributed by atoms with Crippen molar-refractivity contribution in [1.82, 2.24) is 5.32 Å². The number of ketones is 1. The van der Waals surface area contributed by atoms with Crippen molar-refractivity contribution in [1.29, 1.82) is 0 Å². The van der Waals surface area contributed by atoms with E-state index >= 15 is 0 Å². The smallest absolute Gasteiger partial charge is 0.166 e. The van der Waals surface area contributed by atoms with Crippen molar-refractivity contribution in [2.75, 3.05) is 13.1 Å². The molecule has 1 heterocycles. The van der Waals surface area contributed by atoms with Gasteiger partial charge in [-0.05, 0) is 18.9 Å². The highest BCUT2D eigenvalue weighted by molar-refractivity contribution is 5.99. The molecule has 11 heavy (non-hydrogen) atoms. The van der Waals surface area contributed by atoms with Gasteiger partial charge in [-0.15, -0.1) is 0 Å². The van der Waals surface area contributed by atoms with Gasteiger partial charge in [0.2, 0.25) is 0 Å². The molecule has 0 aliphatic carbocycles. The zero-order chi connectivity index (χ0) is 8.48. The zero-order valence-corrected chi connectivity index (χ0v) is 7.24. The van der Waals surface area contributed by atoms with Gasteiger partial charge < -0.3 is 5.32 Å². The number of carbonyl (C=O) groups excluding carboxylic acids is 1. The lowest BCUT2D eigenvalue weighted by Gasteiger charge is -2.40. The minimum atomic E-state index is -0.105. The van der Waals surface area contributed by atoms with Crippen molar-refractivity contribution >= 4 is 5.78 Å². The summed E-state index contributed by atoms with van der Waals surface area (Å²) < 4.78 is 0. The first-order valence-electron chi connectivity index (χ1n) is 4.03. The van der Waals surface area contributed by atoms with Crippen LogP contribution in [-0.4, -0.2) is 18.9 Å². The molecule has 0 amide bonds. The summed E-state index contributed by atoms with van der Waals surface area (Å²) in [6.07, 6.45) is 0.922. The molecular weight excluding hydrogens is 138 g/mol. The first kappa shape index (κ1) is 8.47. The molecule has 1 rings (SSSR count). The van der Waals surface area contributed by atoms with Gasteiger partial charge in [0, 0.05) is 13.1 Å². The summed E-state index contributed by atoms with van der Waals surface area (Å²) in [6.45, 7) is 9.18. The van der Waals surface area contributed by atoms with E-state index in [-0.39, 0.29) is 11.2 Å². The largest absolute Gasteiger partial charge is 0.315 e. The highest BCUT2D eigenvalue weighted by atomic mass is 16.1. The predicted molar refractivity (Wildman–Crippen MR) is 45.4 cm³/mol. The van der Waals surface area contributed by atoms with E-state index < -0.39 is 0 Å². The molecule has 0 aromatic carbocycles. The summed E-state index contributed by atoms with van der Waals surface area (Å²) in [7, 11) is 0. The maximum atomic E-state index is 11.5. The van der Waals surface area contributed by atoms with Crippen LogP contribution in [0.2, 0.25) is 0 Å². The average Bonchev–Trinajstić information content (AvgIpc) is 1.86. The van der Waals surface area contributed by atoms with E-state index in [4.69, 9.17) is 0 Å². The molecule has 0 radical (unpaired) electrons. The normalized spacial score (nSPS) is 20.5. The lowest BCUT2D eigenvalue weighted by Crippen LogP contribution is -2.57. The summed E-state index contributed by atoms with van der Waals surface area (Å²) in [5.74, 6) is 0.235. The summed E-state index contributed by atoms with van der Waals surface area (Å²) >= 11 is 0. The molecule has 2 nitrogen and oxygen atoms in total. The SMILES string of the molecule is C=C(C)C(=O)C1(CC)CNC1. The number of carbonyl (C=O) groups is 1. The number of hydrogen-bond donors (Lipinski definition) is 1. The summed E-state index contributed by atoms with van der Waals surface area (Å²) in [5, 5.41) is 3.13. The van der Waals surface area contributed by atoms with E-state index in [9.17, 15) is 4.79 Å². The van der Waals surface area contributed by atoms with E-state index in [0.29, 0.717) is 5.57 Å². The van der Waals surface area contributed by atoms with Crippen LogP contribution in [0.5, 0.6) is 0 Å². The Morgan fingerprint density at radius 3 is 2.27 bits per heavy atom. The van der Waals surface area contributed by atoms with Gasteiger partial charge in [-0.3, -0.25) is 4.79 Å². The van der Waals surface area contributed by atoms with E-state index in [0.717, 1.165) is 19.5 Å². The molecule has 1 N–H and O–H groups in total. The van der Waals surface area contributed by atoms with Gasteiger partial charge >= 0.3 is 0 Å². The number of nitrogens with one attached hydrogen (secondary N) is 1. The van der Waals surface area contributed by atoms with E-state index in [1.807, 2.05) is 0 Å². The van der Waals surface area contributed by atoms with Crippen LogP contribution in [0.15, 0.2) is 12.2 Å². The Hall–Kier alpha value is -0.630. The van der Waals surface area contributed by atoms with Crippen molar-refractivity contribution < 1.29 is 4.79 Å². The summed E-state index contributed by atoms with van der Waals surface area (Å²) in [5.41, 5.74) is 0.583. The molecule has 2 heteroatoms. The molecule has 0 spiro atoms. The van der Waals surface area contributed by atoms with Crippen LogP contribution < -0.4 is 5.32 Å². The molecule has 0 aromatic rings. The molecule has 1 saturated heterocycles. The Morgan fingerprint density at radius 1 is 1.64 bits per heavy atom. The third kappa shape index (κ3) is 1.23. The lowest BCUT2D eigenvalue weighted by atomic mass is 9.73. The Bertz CT molecular complexity index is 186. The van der Waals surface area contributed by atoms with Gasteiger partial charge in [0.1, 0.15) is 0 Å². The molecule has 1 aliphatic rings. The molecule has 0 bridgehead atoms. The highest BCUT2D eigenvalue weighted by Crippen LogP contribution is 2.30. The highest BCUT2D eigenvalue weighted by Gasteiger charge is 2.41. The van der Waals surface area contributed by atoms with Crippen LogP contribution in [-0.2, 0) is 4.79 Å². The standard InChI is InChI=1S/C9H15NO/c1-4-9(5-10-6-9)8(11)7(2)3/h10H,2,4-6H2,1,3H3. The maximum absolute atomic E-state index is 11.5. The molecular formula is C9H15NO. The molecule has 0 saturated carbocycles. The topological polar surface area (TPSA) is 29.1 Å². The Morgan fingerprint density at radius 2 is 2.18 bits per heavy atom. The van der Waals surface area contributed by atoms with E-state index in [1.54, 1.807) is 6.92 Å². The van der Waals surface area contributed by atoms with Crippen molar-refractivity contribution in [2.45, 2.75) is 20.3 Å². The third-order valence-corrected chi connectivity index (χ3v) is 2.47. The number of hydrogen-bond acceptors (Lipinski definition) is 2. The minimum absolute atomic E-state index is 0.105. The van der Waals surface area contributed by atoms with Gasteiger partial charge in [-0.25, -0.2) is 0 Å². The van der Waals surface area contributed by atoms with Gasteiger partial charge in [-0.2, -0.15) is 0 Å². The van der Waals surface area contributed by atoms with E-state index in [2.05, 4.69) is 18.8 Å². The predicted octanol–water partition coefficient (Wildman–Crippen LogP) is 1.13. The lowest BCUT2D eigenvalue weighted by molar-refractivity contribution is -0.127. The van der Waals surface area contributed by atoms with Gasteiger partial charge in [-0.1, -0.05) is 13.5 Å². The van der Waals surface area contributed by atoms with Crippen LogP contribution in [0, 0.1) is 5.41 Å². The molecule has 1 fully saturated rings. The van der Waals surface area contributed by atoms with Crippen LogP contribution in [0.4, 0.5) is 0 Å². The fourth-order valence-electron chi connectivity index (χ4n) is 1.45. The monoisotopic (exact) mass is 153 g/mol. The van der Waals surface area contributed by atoms with Crippen molar-refractivity contribution in [3.8, 4) is 0 Å². The second kappa shape index (κ2) is 2.78. The van der Waals surface area contributed by atoms with Crippen LogP contribution in [0.25, 0.3) is 0 Å². The molecule has 62 valence electrons. The van der Waals surface area contributed by atoms with Gasteiger partial charge in [0.05, 0.1) is 5.41 Å². The van der Waals surface area contributed by atoms with Crippen LogP contribution >= 0.6 is 0 Å². The second-order valence-corrected chi connectivity index (χ2v) is 3.35. The van der Waals surface area contributed by atoms with Gasteiger partial charge in [0.15, 0.2) is 5.78 Å². The quantitative estimate of drug-likeness (QED) is 0.616. The first-order valence-corrected chi connectivity index (χ1v) is 4.03. The Labute approximate surface area is 67.7 Å². The Balaban J connectivity index is 2.70. The molecule has 0 aromatic heterocycles.